The molecule has 1 aromatic rings. The van der Waals surface area contributed by atoms with Gasteiger partial charge in [-0.3, -0.25) is 10.1 Å². The number of aromatic nitrogens is 1. The number of thioether (sulfide) groups is 1. The smallest absolute Gasteiger partial charge is 0.301 e. The van der Waals surface area contributed by atoms with Gasteiger partial charge in [0.05, 0.1) is 4.92 Å². The largest absolute Gasteiger partial charge is 0.396 e. The van der Waals surface area contributed by atoms with Crippen molar-refractivity contribution in [2.75, 3.05) is 6.61 Å². The predicted molar refractivity (Wildman–Crippen MR) is 62.9 cm³/mol. The van der Waals surface area contributed by atoms with Crippen LogP contribution in [0.1, 0.15) is 13.3 Å². The summed E-state index contributed by atoms with van der Waals surface area (Å²) in [6.45, 7) is 1.91. The van der Waals surface area contributed by atoms with Gasteiger partial charge in [0.15, 0.2) is 5.03 Å². The highest BCUT2D eigenvalue weighted by atomic mass is 35.5. The molecule has 0 fully saturated rings. The quantitative estimate of drug-likeness (QED) is 0.382. The third-order valence-corrected chi connectivity index (χ3v) is 3.22. The van der Waals surface area contributed by atoms with Crippen LogP contribution in [-0.4, -0.2) is 26.9 Å². The Morgan fingerprint density at radius 2 is 2.38 bits per heavy atom. The van der Waals surface area contributed by atoms with Gasteiger partial charge in [0.25, 0.3) is 0 Å². The second-order valence-corrected chi connectivity index (χ2v) is 4.97. The van der Waals surface area contributed by atoms with Crippen LogP contribution in [0.2, 0.25) is 5.15 Å². The van der Waals surface area contributed by atoms with Crippen LogP contribution < -0.4 is 0 Å². The third-order valence-electron chi connectivity index (χ3n) is 1.85. The van der Waals surface area contributed by atoms with Gasteiger partial charge >= 0.3 is 5.69 Å². The summed E-state index contributed by atoms with van der Waals surface area (Å²) in [5.41, 5.74) is -0.0563. The molecule has 1 aromatic heterocycles. The van der Waals surface area contributed by atoms with Gasteiger partial charge in [0, 0.05) is 17.9 Å². The fourth-order valence-electron chi connectivity index (χ4n) is 1.07. The fraction of sp³-hybridized carbons (Fsp3) is 0.444. The molecular formula is C9H11ClN2O3S. The number of hydrogen-bond donors (Lipinski definition) is 1. The van der Waals surface area contributed by atoms with E-state index < -0.39 is 4.92 Å². The molecule has 0 aliphatic heterocycles. The van der Waals surface area contributed by atoms with Crippen LogP contribution in [0.3, 0.4) is 0 Å². The van der Waals surface area contributed by atoms with Crippen LogP contribution in [0.4, 0.5) is 5.69 Å². The van der Waals surface area contributed by atoms with Crippen molar-refractivity contribution in [1.29, 1.82) is 0 Å². The molecule has 0 saturated heterocycles. The van der Waals surface area contributed by atoms with E-state index in [1.165, 1.54) is 23.9 Å². The number of aliphatic hydroxyl groups excluding tert-OH is 1. The Hall–Kier alpha value is -0.850. The van der Waals surface area contributed by atoms with E-state index in [0.29, 0.717) is 11.4 Å². The van der Waals surface area contributed by atoms with Gasteiger partial charge in [-0.2, -0.15) is 0 Å². The molecule has 1 N–H and O–H groups in total. The Bertz CT molecular complexity index is 389. The van der Waals surface area contributed by atoms with Gasteiger partial charge in [0.1, 0.15) is 5.15 Å². The lowest BCUT2D eigenvalue weighted by Crippen LogP contribution is -2.02. The van der Waals surface area contributed by atoms with E-state index in [4.69, 9.17) is 16.7 Å². The summed E-state index contributed by atoms with van der Waals surface area (Å²) in [5.74, 6) is 0. The molecule has 88 valence electrons. The number of aliphatic hydroxyl groups is 1. The Morgan fingerprint density at radius 1 is 1.69 bits per heavy atom. The van der Waals surface area contributed by atoms with Crippen molar-refractivity contribution in [3.63, 3.8) is 0 Å². The molecule has 5 nitrogen and oxygen atoms in total. The standard InChI is InChI=1S/C9H11ClN2O3S/c1-6(4-5-13)16-9-7(12(14)15)2-3-8(10)11-9/h2-3,6,13H,4-5H2,1H3. The van der Waals surface area contributed by atoms with Crippen LogP contribution in [-0.2, 0) is 0 Å². The Labute approximate surface area is 102 Å². The van der Waals surface area contributed by atoms with Crippen LogP contribution in [0.15, 0.2) is 17.2 Å². The third kappa shape index (κ3) is 3.62. The van der Waals surface area contributed by atoms with Crippen molar-refractivity contribution >= 4 is 29.1 Å². The number of halogens is 1. The molecule has 0 amide bonds. The zero-order valence-corrected chi connectivity index (χ0v) is 10.2. The molecule has 1 unspecified atom stereocenters. The summed E-state index contributed by atoms with van der Waals surface area (Å²) >= 11 is 6.93. The Balaban J connectivity index is 2.92. The minimum absolute atomic E-state index is 0.0442. The molecule has 0 aliphatic carbocycles. The molecule has 16 heavy (non-hydrogen) atoms. The van der Waals surface area contributed by atoms with Gasteiger partial charge < -0.3 is 5.11 Å². The maximum Gasteiger partial charge on any atom is 0.301 e. The second kappa shape index (κ2) is 6.03. The van der Waals surface area contributed by atoms with Crippen molar-refractivity contribution in [3.8, 4) is 0 Å². The van der Waals surface area contributed by atoms with Crippen LogP contribution in [0.25, 0.3) is 0 Å². The topological polar surface area (TPSA) is 76.3 Å². The van der Waals surface area contributed by atoms with Gasteiger partial charge in [-0.05, 0) is 12.5 Å². The lowest BCUT2D eigenvalue weighted by molar-refractivity contribution is -0.388. The van der Waals surface area contributed by atoms with Crippen molar-refractivity contribution in [1.82, 2.24) is 4.98 Å². The number of nitrogens with zero attached hydrogens (tertiary/aromatic N) is 2. The summed E-state index contributed by atoms with van der Waals surface area (Å²) in [6, 6.07) is 2.73. The number of pyridine rings is 1. The van der Waals surface area contributed by atoms with Crippen LogP contribution in [0.5, 0.6) is 0 Å². The van der Waals surface area contributed by atoms with Gasteiger partial charge in [-0.1, -0.05) is 30.3 Å². The van der Waals surface area contributed by atoms with Crippen LogP contribution in [0, 0.1) is 10.1 Å². The minimum atomic E-state index is -0.489. The highest BCUT2D eigenvalue weighted by Crippen LogP contribution is 2.32. The van der Waals surface area contributed by atoms with Crippen LogP contribution >= 0.6 is 23.4 Å². The summed E-state index contributed by atoms with van der Waals surface area (Å²) in [5, 5.41) is 20.1. The first-order valence-corrected chi connectivity index (χ1v) is 5.88. The first-order valence-electron chi connectivity index (χ1n) is 4.63. The molecule has 7 heteroatoms. The van der Waals surface area contributed by atoms with Gasteiger partial charge in [0.2, 0.25) is 0 Å². The zero-order chi connectivity index (χ0) is 12.1. The molecule has 0 spiro atoms. The van der Waals surface area contributed by atoms with E-state index in [1.54, 1.807) is 0 Å². The summed E-state index contributed by atoms with van der Waals surface area (Å²) in [7, 11) is 0. The van der Waals surface area contributed by atoms with E-state index in [-0.39, 0.29) is 22.7 Å². The average Bonchev–Trinajstić information content (AvgIpc) is 2.17. The second-order valence-electron chi connectivity index (χ2n) is 3.16. The normalized spacial score (nSPS) is 12.4. The molecule has 0 aromatic carbocycles. The maximum absolute atomic E-state index is 10.7. The fourth-order valence-corrected chi connectivity index (χ4v) is 2.28. The van der Waals surface area contributed by atoms with Gasteiger partial charge in [-0.15, -0.1) is 0 Å². The lowest BCUT2D eigenvalue weighted by Gasteiger charge is -2.08. The van der Waals surface area contributed by atoms with E-state index in [1.807, 2.05) is 6.92 Å². The summed E-state index contributed by atoms with van der Waals surface area (Å²) in [4.78, 5) is 14.2. The monoisotopic (exact) mass is 262 g/mol. The lowest BCUT2D eigenvalue weighted by atomic mass is 10.3. The molecular weight excluding hydrogens is 252 g/mol. The molecule has 0 saturated carbocycles. The number of hydrogen-bond acceptors (Lipinski definition) is 5. The van der Waals surface area contributed by atoms with E-state index >= 15 is 0 Å². The predicted octanol–water partition coefficient (Wildman–Crippen LogP) is 2.51. The first kappa shape index (κ1) is 13.2. The molecule has 1 heterocycles. The number of rotatable bonds is 5. The van der Waals surface area contributed by atoms with E-state index in [2.05, 4.69) is 4.98 Å². The first-order chi connectivity index (χ1) is 7.54. The summed E-state index contributed by atoms with van der Waals surface area (Å²) in [6.07, 6.45) is 0.552. The molecule has 1 atom stereocenters. The highest BCUT2D eigenvalue weighted by molar-refractivity contribution is 8.00. The molecule has 0 bridgehead atoms. The zero-order valence-electron chi connectivity index (χ0n) is 8.59. The van der Waals surface area contributed by atoms with E-state index in [9.17, 15) is 10.1 Å². The Morgan fingerprint density at radius 3 is 2.94 bits per heavy atom. The minimum Gasteiger partial charge on any atom is -0.396 e. The average molecular weight is 263 g/mol. The highest BCUT2D eigenvalue weighted by Gasteiger charge is 2.18. The van der Waals surface area contributed by atoms with Crippen molar-refractivity contribution in [3.05, 3.63) is 27.4 Å². The summed E-state index contributed by atoms with van der Waals surface area (Å²) < 4.78 is 0. The SMILES string of the molecule is CC(CCO)Sc1nc(Cl)ccc1[N+](=O)[O-]. The molecule has 0 radical (unpaired) electrons. The van der Waals surface area contributed by atoms with Crippen molar-refractivity contribution in [2.45, 2.75) is 23.6 Å². The molecule has 1 rings (SSSR count). The Kier molecular flexibility index (Phi) is 4.98. The number of nitro groups is 1. The van der Waals surface area contributed by atoms with E-state index in [0.717, 1.165) is 0 Å². The van der Waals surface area contributed by atoms with Gasteiger partial charge in [-0.25, -0.2) is 4.98 Å². The van der Waals surface area contributed by atoms with Crippen molar-refractivity contribution < 1.29 is 10.0 Å². The molecule has 0 aliphatic rings. The van der Waals surface area contributed by atoms with Crippen molar-refractivity contribution in [2.24, 2.45) is 0 Å². The maximum atomic E-state index is 10.7.